The Morgan fingerprint density at radius 3 is 2.58 bits per heavy atom. The molecule has 1 saturated heterocycles. The third-order valence-corrected chi connectivity index (χ3v) is 5.25. The van der Waals surface area contributed by atoms with Crippen LogP contribution < -0.4 is 21.3 Å². The van der Waals surface area contributed by atoms with Crippen molar-refractivity contribution >= 4 is 35.6 Å². The summed E-state index contributed by atoms with van der Waals surface area (Å²) in [6.07, 6.45) is 5.31. The monoisotopic (exact) mass is 418 g/mol. The van der Waals surface area contributed by atoms with Crippen LogP contribution in [0.15, 0.2) is 42.2 Å². The Morgan fingerprint density at radius 1 is 1.13 bits per heavy atom. The van der Waals surface area contributed by atoms with Crippen LogP contribution in [-0.4, -0.2) is 37.6 Å². The molecule has 4 N–H and O–H groups in total. The average Bonchev–Trinajstić information content (AvgIpc) is 3.37. The van der Waals surface area contributed by atoms with E-state index in [0.29, 0.717) is 29.1 Å². The van der Waals surface area contributed by atoms with Crippen LogP contribution in [0, 0.1) is 0 Å². The van der Waals surface area contributed by atoms with E-state index in [2.05, 4.69) is 50.2 Å². The van der Waals surface area contributed by atoms with E-state index >= 15 is 0 Å². The van der Waals surface area contributed by atoms with Crippen LogP contribution in [0.5, 0.6) is 0 Å². The second-order valence-electron chi connectivity index (χ2n) is 8.21. The van der Waals surface area contributed by atoms with Gasteiger partial charge in [-0.1, -0.05) is 30.3 Å². The van der Waals surface area contributed by atoms with Gasteiger partial charge in [0.2, 0.25) is 11.9 Å². The molecule has 0 atom stereocenters. The molecular weight excluding hydrogens is 396 g/mol. The third-order valence-electron chi connectivity index (χ3n) is 5.25. The van der Waals surface area contributed by atoms with Gasteiger partial charge in [0.05, 0.1) is 11.7 Å². The first-order valence-electron chi connectivity index (χ1n) is 10.1. The van der Waals surface area contributed by atoms with E-state index in [1.54, 1.807) is 16.8 Å². The van der Waals surface area contributed by atoms with Gasteiger partial charge in [-0.25, -0.2) is 4.79 Å². The molecule has 0 radical (unpaired) electrons. The van der Waals surface area contributed by atoms with Crippen LogP contribution in [0.1, 0.15) is 37.8 Å². The zero-order valence-corrected chi connectivity index (χ0v) is 17.1. The number of aromatic nitrogens is 4. The smallest absolute Gasteiger partial charge is 0.326 e. The van der Waals surface area contributed by atoms with Crippen LogP contribution >= 0.6 is 0 Å². The molecule has 0 bridgehead atoms. The summed E-state index contributed by atoms with van der Waals surface area (Å²) in [7, 11) is 0. The lowest BCUT2D eigenvalue weighted by molar-refractivity contribution is -0.115. The second-order valence-corrected chi connectivity index (χ2v) is 8.21. The molecule has 0 unspecified atom stereocenters. The SMILES string of the molecule is CC(C)(Nc1nc(NC2CC2)n2ncc(/C=C3\NC(=O)NC3=O)c2n1)c1ccccc1. The number of hydrogen-bond donors (Lipinski definition) is 4. The van der Waals surface area contributed by atoms with Crippen molar-refractivity contribution in [2.75, 3.05) is 10.6 Å². The van der Waals surface area contributed by atoms with E-state index in [0.717, 1.165) is 18.4 Å². The van der Waals surface area contributed by atoms with Gasteiger partial charge in [0.15, 0.2) is 5.65 Å². The molecule has 0 spiro atoms. The number of fused-ring (bicyclic) bond motifs is 1. The number of rotatable bonds is 6. The first kappa shape index (κ1) is 19.0. The standard InChI is InChI=1S/C21H22N8O2/c1-21(2,13-6-4-3-5-7-13)28-18-25-16-12(10-15-17(30)26-20(31)24-15)11-22-29(16)19(27-18)23-14-8-9-14/h3-7,10-11,14H,8-9H2,1-2H3,(H2,23,25,27,28)(H2,24,26,30,31)/b15-10-. The summed E-state index contributed by atoms with van der Waals surface area (Å²) < 4.78 is 1.61. The van der Waals surface area contributed by atoms with Crippen molar-refractivity contribution in [3.05, 3.63) is 53.4 Å². The number of anilines is 2. The van der Waals surface area contributed by atoms with Gasteiger partial charge in [-0.3, -0.25) is 10.1 Å². The Labute approximate surface area is 178 Å². The maximum absolute atomic E-state index is 11.9. The van der Waals surface area contributed by atoms with E-state index in [1.165, 1.54) is 0 Å². The Bertz CT molecular complexity index is 1210. The fourth-order valence-electron chi connectivity index (χ4n) is 3.40. The molecule has 2 aromatic heterocycles. The number of carbonyl (C=O) groups excluding carboxylic acids is 2. The lowest BCUT2D eigenvalue weighted by atomic mass is 9.95. The minimum Gasteiger partial charge on any atom is -0.351 e. The molecule has 3 amide bonds. The summed E-state index contributed by atoms with van der Waals surface area (Å²) in [6.45, 7) is 4.11. The van der Waals surface area contributed by atoms with Crippen LogP contribution in [0.2, 0.25) is 0 Å². The lowest BCUT2D eigenvalue weighted by Gasteiger charge is -2.27. The van der Waals surface area contributed by atoms with Gasteiger partial charge in [-0.2, -0.15) is 19.6 Å². The highest BCUT2D eigenvalue weighted by Crippen LogP contribution is 2.28. The fraction of sp³-hybridized carbons (Fsp3) is 0.286. The van der Waals surface area contributed by atoms with E-state index in [4.69, 9.17) is 0 Å². The molecule has 10 heteroatoms. The van der Waals surface area contributed by atoms with Gasteiger partial charge in [0.25, 0.3) is 5.91 Å². The maximum Gasteiger partial charge on any atom is 0.326 e. The van der Waals surface area contributed by atoms with Gasteiger partial charge in [-0.15, -0.1) is 0 Å². The van der Waals surface area contributed by atoms with Crippen molar-refractivity contribution in [2.45, 2.75) is 38.3 Å². The number of urea groups is 1. The fourth-order valence-corrected chi connectivity index (χ4v) is 3.40. The van der Waals surface area contributed by atoms with Crippen molar-refractivity contribution in [2.24, 2.45) is 0 Å². The van der Waals surface area contributed by atoms with Gasteiger partial charge < -0.3 is 16.0 Å². The van der Waals surface area contributed by atoms with Crippen molar-refractivity contribution < 1.29 is 9.59 Å². The van der Waals surface area contributed by atoms with Crippen molar-refractivity contribution in [1.29, 1.82) is 0 Å². The molecule has 1 aliphatic heterocycles. The second kappa shape index (κ2) is 7.08. The topological polar surface area (TPSA) is 125 Å². The largest absolute Gasteiger partial charge is 0.351 e. The molecule has 31 heavy (non-hydrogen) atoms. The molecule has 2 aliphatic rings. The van der Waals surface area contributed by atoms with E-state index in [9.17, 15) is 9.59 Å². The predicted molar refractivity (Wildman–Crippen MR) is 115 cm³/mol. The molecule has 1 aromatic carbocycles. The molecule has 1 saturated carbocycles. The number of nitrogens with one attached hydrogen (secondary N) is 4. The minimum absolute atomic E-state index is 0.148. The zero-order valence-electron chi connectivity index (χ0n) is 17.1. The van der Waals surface area contributed by atoms with Gasteiger partial charge in [-0.05, 0) is 38.3 Å². The Morgan fingerprint density at radius 2 is 1.90 bits per heavy atom. The number of amides is 3. The summed E-state index contributed by atoms with van der Waals surface area (Å²) in [6, 6.07) is 9.86. The third kappa shape index (κ3) is 3.79. The summed E-state index contributed by atoms with van der Waals surface area (Å²) in [5.74, 6) is 0.520. The van der Waals surface area contributed by atoms with E-state index in [1.807, 2.05) is 30.3 Å². The molecule has 2 fully saturated rings. The number of nitrogens with zero attached hydrogens (tertiary/aromatic N) is 4. The molecule has 5 rings (SSSR count). The van der Waals surface area contributed by atoms with Crippen molar-refractivity contribution in [3.8, 4) is 0 Å². The highest BCUT2D eigenvalue weighted by Gasteiger charge is 2.27. The van der Waals surface area contributed by atoms with Crippen LogP contribution in [-0.2, 0) is 10.3 Å². The van der Waals surface area contributed by atoms with Crippen molar-refractivity contribution in [3.63, 3.8) is 0 Å². The molecular formula is C21H22N8O2. The molecule has 10 nitrogen and oxygen atoms in total. The van der Waals surface area contributed by atoms with Gasteiger partial charge in [0.1, 0.15) is 5.70 Å². The predicted octanol–water partition coefficient (Wildman–Crippen LogP) is 2.23. The zero-order chi connectivity index (χ0) is 21.6. The number of imide groups is 1. The van der Waals surface area contributed by atoms with E-state index < -0.39 is 17.5 Å². The summed E-state index contributed by atoms with van der Waals surface area (Å²) in [5.41, 5.74) is 1.93. The molecule has 1 aliphatic carbocycles. The summed E-state index contributed by atoms with van der Waals surface area (Å²) in [5, 5.41) is 15.9. The van der Waals surface area contributed by atoms with Gasteiger partial charge in [0, 0.05) is 11.6 Å². The quantitative estimate of drug-likeness (QED) is 0.357. The van der Waals surface area contributed by atoms with E-state index in [-0.39, 0.29) is 5.70 Å². The molecule has 3 aromatic rings. The highest BCUT2D eigenvalue weighted by atomic mass is 16.2. The normalized spacial score (nSPS) is 17.7. The molecule has 3 heterocycles. The van der Waals surface area contributed by atoms with Crippen LogP contribution in [0.3, 0.4) is 0 Å². The number of benzene rings is 1. The first-order chi connectivity index (χ1) is 14.9. The number of hydrogen-bond acceptors (Lipinski definition) is 7. The summed E-state index contributed by atoms with van der Waals surface area (Å²) >= 11 is 0. The number of carbonyl (C=O) groups is 2. The Kier molecular flexibility index (Phi) is 4.35. The van der Waals surface area contributed by atoms with Gasteiger partial charge >= 0.3 is 6.03 Å². The molecule has 158 valence electrons. The maximum atomic E-state index is 11.9. The Hall–Kier alpha value is -3.95. The van der Waals surface area contributed by atoms with Crippen LogP contribution in [0.4, 0.5) is 16.7 Å². The lowest BCUT2D eigenvalue weighted by Crippen LogP contribution is -2.29. The van der Waals surface area contributed by atoms with Crippen molar-refractivity contribution in [1.82, 2.24) is 30.2 Å². The minimum atomic E-state index is -0.551. The highest BCUT2D eigenvalue weighted by molar-refractivity contribution is 6.14. The summed E-state index contributed by atoms with van der Waals surface area (Å²) in [4.78, 5) is 32.7. The Balaban J connectivity index is 1.56. The van der Waals surface area contributed by atoms with Crippen LogP contribution in [0.25, 0.3) is 11.7 Å². The average molecular weight is 418 g/mol. The first-order valence-corrected chi connectivity index (χ1v) is 10.1.